The zero-order valence-corrected chi connectivity index (χ0v) is 7.75. The maximum absolute atomic E-state index is 5.31. The van der Waals surface area contributed by atoms with Gasteiger partial charge in [0.2, 0.25) is 0 Å². The Labute approximate surface area is 69.3 Å². The van der Waals surface area contributed by atoms with E-state index in [-0.39, 0.29) is 18.1 Å². The van der Waals surface area contributed by atoms with Gasteiger partial charge in [-0.1, -0.05) is 0 Å². The van der Waals surface area contributed by atoms with Crippen LogP contribution in [0, 0.1) is 0 Å². The first-order chi connectivity index (χ1) is 4.91. The van der Waals surface area contributed by atoms with Gasteiger partial charge in [0.25, 0.3) is 0 Å². The molecular weight excluding hydrogens is 140 g/mol. The highest BCUT2D eigenvalue weighted by Crippen LogP contribution is 1.77. The summed E-state index contributed by atoms with van der Waals surface area (Å²) in [7, 11) is 0. The summed E-state index contributed by atoms with van der Waals surface area (Å²) < 4.78 is 0. The third kappa shape index (κ3) is 17.7. The van der Waals surface area contributed by atoms with Crippen LogP contribution in [0.4, 0.5) is 0 Å². The van der Waals surface area contributed by atoms with Gasteiger partial charge in [0, 0.05) is 24.7 Å². The lowest BCUT2D eigenvalue weighted by Gasteiger charge is -2.06. The van der Waals surface area contributed by atoms with Crippen LogP contribution in [0.5, 0.6) is 0 Å². The van der Waals surface area contributed by atoms with E-state index in [1.807, 2.05) is 20.8 Å². The second-order valence-corrected chi connectivity index (χ2v) is 2.93. The van der Waals surface area contributed by atoms with Crippen molar-refractivity contribution in [3.05, 3.63) is 0 Å². The summed E-state index contributed by atoms with van der Waals surface area (Å²) in [5.41, 5.74) is 20.8. The normalized spacial score (nSPS) is 17.7. The van der Waals surface area contributed by atoms with E-state index in [0.717, 1.165) is 0 Å². The summed E-state index contributed by atoms with van der Waals surface area (Å²) in [4.78, 5) is 0. The molecule has 0 heterocycles. The topological polar surface area (TPSA) is 104 Å². The van der Waals surface area contributed by atoms with Crippen molar-refractivity contribution < 1.29 is 0 Å². The summed E-state index contributed by atoms with van der Waals surface area (Å²) >= 11 is 0. The highest BCUT2D eigenvalue weighted by Gasteiger charge is 1.96. The maximum atomic E-state index is 5.31. The Morgan fingerprint density at radius 2 is 1.09 bits per heavy atom. The lowest BCUT2D eigenvalue weighted by molar-refractivity contribution is 0.603. The van der Waals surface area contributed by atoms with E-state index in [2.05, 4.69) is 0 Å². The lowest BCUT2D eigenvalue weighted by Crippen LogP contribution is -2.35. The second-order valence-electron chi connectivity index (χ2n) is 2.93. The van der Waals surface area contributed by atoms with Crippen molar-refractivity contribution in [2.75, 3.05) is 6.54 Å². The first-order valence-electron chi connectivity index (χ1n) is 3.88. The lowest BCUT2D eigenvalue weighted by atomic mass is 10.2. The van der Waals surface area contributed by atoms with Crippen LogP contribution >= 0.6 is 0 Å². The Bertz CT molecular complexity index is 64.8. The van der Waals surface area contributed by atoms with Crippen LogP contribution in [0.1, 0.15) is 20.8 Å². The number of hydrogen-bond acceptors (Lipinski definition) is 4. The minimum atomic E-state index is 0.130. The van der Waals surface area contributed by atoms with Crippen molar-refractivity contribution in [1.82, 2.24) is 0 Å². The summed E-state index contributed by atoms with van der Waals surface area (Å²) in [6.07, 6.45) is 0. The van der Waals surface area contributed by atoms with Crippen LogP contribution in [0.2, 0.25) is 0 Å². The molecule has 0 aliphatic heterocycles. The van der Waals surface area contributed by atoms with E-state index in [0.29, 0.717) is 6.54 Å². The predicted octanol–water partition coefficient (Wildman–Crippen LogP) is -1.03. The zero-order valence-electron chi connectivity index (χ0n) is 7.75. The van der Waals surface area contributed by atoms with E-state index in [1.54, 1.807) is 0 Å². The fraction of sp³-hybridized carbons (Fsp3) is 1.00. The molecule has 11 heavy (non-hydrogen) atoms. The van der Waals surface area contributed by atoms with Crippen molar-refractivity contribution in [1.29, 1.82) is 0 Å². The third-order valence-corrected chi connectivity index (χ3v) is 1.20. The monoisotopic (exact) mass is 162 g/mol. The SMILES string of the molecule is CC(N)C(C)N.CC(N)CN. The van der Waals surface area contributed by atoms with Gasteiger partial charge < -0.3 is 22.9 Å². The van der Waals surface area contributed by atoms with Gasteiger partial charge in [0.1, 0.15) is 0 Å². The van der Waals surface area contributed by atoms with Crippen LogP contribution in [0.3, 0.4) is 0 Å². The first kappa shape index (κ1) is 13.4. The predicted molar refractivity (Wildman–Crippen MR) is 50.0 cm³/mol. The molecule has 8 N–H and O–H groups in total. The van der Waals surface area contributed by atoms with Gasteiger partial charge in [0.05, 0.1) is 0 Å². The molecule has 0 aliphatic rings. The third-order valence-electron chi connectivity index (χ3n) is 1.20. The second kappa shape index (κ2) is 7.94. The summed E-state index contributed by atoms with van der Waals surface area (Å²) in [5, 5.41) is 0. The van der Waals surface area contributed by atoms with Gasteiger partial charge in [-0.3, -0.25) is 0 Å². The van der Waals surface area contributed by atoms with Crippen molar-refractivity contribution >= 4 is 0 Å². The molecule has 0 amide bonds. The molecule has 70 valence electrons. The molecule has 3 unspecified atom stereocenters. The van der Waals surface area contributed by atoms with Crippen LogP contribution in [-0.2, 0) is 0 Å². The highest BCUT2D eigenvalue weighted by atomic mass is 14.7. The smallest absolute Gasteiger partial charge is 0.0160 e. The Hall–Kier alpha value is -0.160. The Balaban J connectivity index is 0. The fourth-order valence-electron chi connectivity index (χ4n) is 0. The standard InChI is InChI=1S/C4H12N2.C3H10N2/c1-3(5)4(2)6;1-3(5)2-4/h3-4H,5-6H2,1-2H3;3H,2,4-5H2,1H3. The molecule has 4 nitrogen and oxygen atoms in total. The van der Waals surface area contributed by atoms with Crippen molar-refractivity contribution in [2.24, 2.45) is 22.9 Å². The molecule has 0 rings (SSSR count). The summed E-state index contributed by atoms with van der Waals surface area (Å²) in [5.74, 6) is 0. The van der Waals surface area contributed by atoms with Crippen LogP contribution in [0.15, 0.2) is 0 Å². The van der Waals surface area contributed by atoms with Gasteiger partial charge >= 0.3 is 0 Å². The molecule has 0 aromatic heterocycles. The fourth-order valence-corrected chi connectivity index (χ4v) is 0. The quantitative estimate of drug-likeness (QED) is 0.417. The van der Waals surface area contributed by atoms with Crippen molar-refractivity contribution in [3.8, 4) is 0 Å². The first-order valence-corrected chi connectivity index (χ1v) is 3.88. The minimum Gasteiger partial charge on any atom is -0.329 e. The molecule has 3 atom stereocenters. The maximum Gasteiger partial charge on any atom is 0.0160 e. The molecule has 0 radical (unpaired) electrons. The van der Waals surface area contributed by atoms with Crippen molar-refractivity contribution in [2.45, 2.75) is 38.9 Å². The number of hydrogen-bond donors (Lipinski definition) is 4. The molecule has 0 spiro atoms. The van der Waals surface area contributed by atoms with Crippen LogP contribution < -0.4 is 22.9 Å². The summed E-state index contributed by atoms with van der Waals surface area (Å²) in [6.45, 7) is 6.25. The largest absolute Gasteiger partial charge is 0.329 e. The van der Waals surface area contributed by atoms with Gasteiger partial charge in [-0.15, -0.1) is 0 Å². The molecule has 0 saturated heterocycles. The van der Waals surface area contributed by atoms with E-state index in [1.165, 1.54) is 0 Å². The van der Waals surface area contributed by atoms with Crippen LogP contribution in [0.25, 0.3) is 0 Å². The number of nitrogens with two attached hydrogens (primary N) is 4. The van der Waals surface area contributed by atoms with Crippen LogP contribution in [-0.4, -0.2) is 24.7 Å². The van der Waals surface area contributed by atoms with Gasteiger partial charge in [-0.05, 0) is 20.8 Å². The summed E-state index contributed by atoms with van der Waals surface area (Å²) in [6, 6.07) is 0.421. The Morgan fingerprint density at radius 3 is 1.09 bits per heavy atom. The van der Waals surface area contributed by atoms with E-state index >= 15 is 0 Å². The minimum absolute atomic E-state index is 0.130. The Kier molecular flexibility index (Phi) is 9.70. The zero-order chi connectivity index (χ0) is 9.44. The van der Waals surface area contributed by atoms with Gasteiger partial charge in [-0.2, -0.15) is 0 Å². The van der Waals surface area contributed by atoms with Gasteiger partial charge in [-0.25, -0.2) is 0 Å². The molecule has 0 aliphatic carbocycles. The Morgan fingerprint density at radius 1 is 0.909 bits per heavy atom. The molecule has 0 saturated carbocycles. The average molecular weight is 162 g/mol. The molecule has 0 bridgehead atoms. The molecule has 0 aromatic carbocycles. The molecule has 4 heteroatoms. The molecular formula is C7H22N4. The number of rotatable bonds is 2. The molecule has 0 aromatic rings. The van der Waals surface area contributed by atoms with Crippen molar-refractivity contribution in [3.63, 3.8) is 0 Å². The van der Waals surface area contributed by atoms with E-state index in [9.17, 15) is 0 Å². The van der Waals surface area contributed by atoms with E-state index < -0.39 is 0 Å². The molecule has 0 fully saturated rings. The average Bonchev–Trinajstić information content (AvgIpc) is 1.89. The van der Waals surface area contributed by atoms with E-state index in [4.69, 9.17) is 22.9 Å². The van der Waals surface area contributed by atoms with Gasteiger partial charge in [0.15, 0.2) is 0 Å². The highest BCUT2D eigenvalue weighted by molar-refractivity contribution is 4.63.